The predicted octanol–water partition coefficient (Wildman–Crippen LogP) is 3.30. The Morgan fingerprint density at radius 3 is 2.94 bits per heavy atom. The Balaban J connectivity index is 2.29. The lowest BCUT2D eigenvalue weighted by atomic mass is 10.1. The molecule has 0 aromatic carbocycles. The maximum absolute atomic E-state index is 5.09. The van der Waals surface area contributed by atoms with Gasteiger partial charge in [-0.3, -0.25) is 0 Å². The van der Waals surface area contributed by atoms with E-state index in [0.717, 1.165) is 19.1 Å². The van der Waals surface area contributed by atoms with Crippen LogP contribution in [-0.2, 0) is 11.3 Å². The van der Waals surface area contributed by atoms with Gasteiger partial charge in [0.1, 0.15) is 0 Å². The topological polar surface area (TPSA) is 39.1 Å². The van der Waals surface area contributed by atoms with Crippen molar-refractivity contribution in [1.82, 2.24) is 9.55 Å². The first-order chi connectivity index (χ1) is 8.77. The van der Waals surface area contributed by atoms with Crippen molar-refractivity contribution in [2.75, 3.05) is 19.0 Å². The van der Waals surface area contributed by atoms with Gasteiger partial charge in [-0.2, -0.15) is 0 Å². The average molecular weight is 253 g/mol. The summed E-state index contributed by atoms with van der Waals surface area (Å²) in [5.74, 6) is 0.954. The molecule has 0 aliphatic heterocycles. The van der Waals surface area contributed by atoms with E-state index in [2.05, 4.69) is 28.7 Å². The van der Waals surface area contributed by atoms with E-state index >= 15 is 0 Å². The highest BCUT2D eigenvalue weighted by molar-refractivity contribution is 5.27. The fourth-order valence-corrected chi connectivity index (χ4v) is 1.99. The summed E-state index contributed by atoms with van der Waals surface area (Å²) < 4.78 is 7.19. The lowest BCUT2D eigenvalue weighted by molar-refractivity contribution is 0.187. The molecule has 104 valence electrons. The van der Waals surface area contributed by atoms with Crippen LogP contribution in [0.15, 0.2) is 12.4 Å². The van der Waals surface area contributed by atoms with Crippen LogP contribution in [0.2, 0.25) is 0 Å². The van der Waals surface area contributed by atoms with Gasteiger partial charge in [-0.15, -0.1) is 0 Å². The summed E-state index contributed by atoms with van der Waals surface area (Å²) in [6.45, 7) is 6.03. The maximum atomic E-state index is 5.09. The molecule has 0 saturated heterocycles. The van der Waals surface area contributed by atoms with Crippen LogP contribution in [0.4, 0.5) is 5.95 Å². The van der Waals surface area contributed by atoms with E-state index in [0.29, 0.717) is 6.04 Å². The standard InChI is InChI=1S/C14H27N3O/c1-4-5-6-7-8-13(2)16-14-15-9-10-17(14)11-12-18-3/h9-10,13H,4-8,11-12H2,1-3H3,(H,15,16). The van der Waals surface area contributed by atoms with Crippen LogP contribution in [0, 0.1) is 0 Å². The van der Waals surface area contributed by atoms with Gasteiger partial charge in [0, 0.05) is 32.1 Å². The smallest absolute Gasteiger partial charge is 0.203 e. The summed E-state index contributed by atoms with van der Waals surface area (Å²) in [5.41, 5.74) is 0. The monoisotopic (exact) mass is 253 g/mol. The molecule has 1 aromatic heterocycles. The van der Waals surface area contributed by atoms with Gasteiger partial charge in [-0.25, -0.2) is 4.98 Å². The first-order valence-corrected chi connectivity index (χ1v) is 7.04. The first kappa shape index (κ1) is 15.0. The highest BCUT2D eigenvalue weighted by Gasteiger charge is 2.06. The largest absolute Gasteiger partial charge is 0.383 e. The normalized spacial score (nSPS) is 12.6. The van der Waals surface area contributed by atoms with E-state index in [-0.39, 0.29) is 0 Å². The number of nitrogens with one attached hydrogen (secondary N) is 1. The number of nitrogens with zero attached hydrogens (tertiary/aromatic N) is 2. The molecule has 1 N–H and O–H groups in total. The highest BCUT2D eigenvalue weighted by Crippen LogP contribution is 2.11. The predicted molar refractivity (Wildman–Crippen MR) is 75.9 cm³/mol. The third-order valence-corrected chi connectivity index (χ3v) is 3.12. The van der Waals surface area contributed by atoms with E-state index in [1.807, 2.05) is 12.4 Å². The van der Waals surface area contributed by atoms with Crippen molar-refractivity contribution in [3.63, 3.8) is 0 Å². The molecule has 0 aliphatic rings. The first-order valence-electron chi connectivity index (χ1n) is 7.04. The van der Waals surface area contributed by atoms with E-state index in [9.17, 15) is 0 Å². The Hall–Kier alpha value is -1.03. The van der Waals surface area contributed by atoms with Crippen molar-refractivity contribution < 1.29 is 4.74 Å². The maximum Gasteiger partial charge on any atom is 0.203 e. The fourth-order valence-electron chi connectivity index (χ4n) is 1.99. The number of ether oxygens (including phenoxy) is 1. The lowest BCUT2D eigenvalue weighted by Crippen LogP contribution is -2.19. The molecule has 1 heterocycles. The molecule has 0 fully saturated rings. The van der Waals surface area contributed by atoms with Gasteiger partial charge in [0.05, 0.1) is 6.61 Å². The number of unbranched alkanes of at least 4 members (excludes halogenated alkanes) is 3. The third-order valence-electron chi connectivity index (χ3n) is 3.12. The Bertz CT molecular complexity index is 312. The molecule has 1 unspecified atom stereocenters. The lowest BCUT2D eigenvalue weighted by Gasteiger charge is -2.15. The van der Waals surface area contributed by atoms with Gasteiger partial charge < -0.3 is 14.6 Å². The zero-order valence-corrected chi connectivity index (χ0v) is 12.0. The van der Waals surface area contributed by atoms with Gasteiger partial charge in [0.2, 0.25) is 5.95 Å². The van der Waals surface area contributed by atoms with Crippen LogP contribution in [-0.4, -0.2) is 29.3 Å². The second-order valence-electron chi connectivity index (χ2n) is 4.83. The van der Waals surface area contributed by atoms with Crippen molar-refractivity contribution in [3.05, 3.63) is 12.4 Å². The highest BCUT2D eigenvalue weighted by atomic mass is 16.5. The molecular weight excluding hydrogens is 226 g/mol. The fraction of sp³-hybridized carbons (Fsp3) is 0.786. The molecule has 1 atom stereocenters. The molecule has 0 radical (unpaired) electrons. The molecule has 1 rings (SSSR count). The quantitative estimate of drug-likeness (QED) is 0.650. The van der Waals surface area contributed by atoms with Gasteiger partial charge in [-0.1, -0.05) is 32.6 Å². The number of hydrogen-bond acceptors (Lipinski definition) is 3. The number of methoxy groups -OCH3 is 1. The van der Waals surface area contributed by atoms with Crippen LogP contribution >= 0.6 is 0 Å². The Morgan fingerprint density at radius 1 is 1.39 bits per heavy atom. The summed E-state index contributed by atoms with van der Waals surface area (Å²) in [6, 6.07) is 0.477. The zero-order valence-electron chi connectivity index (χ0n) is 12.0. The molecule has 4 heteroatoms. The number of imidazole rings is 1. The van der Waals surface area contributed by atoms with E-state index in [1.165, 1.54) is 32.1 Å². The summed E-state index contributed by atoms with van der Waals surface area (Å²) >= 11 is 0. The third kappa shape index (κ3) is 5.54. The summed E-state index contributed by atoms with van der Waals surface area (Å²) in [5, 5.41) is 3.47. The van der Waals surface area contributed by atoms with Crippen molar-refractivity contribution in [3.8, 4) is 0 Å². The minimum atomic E-state index is 0.477. The number of hydrogen-bond donors (Lipinski definition) is 1. The molecule has 0 amide bonds. The van der Waals surface area contributed by atoms with E-state index in [1.54, 1.807) is 7.11 Å². The summed E-state index contributed by atoms with van der Waals surface area (Å²) in [7, 11) is 1.72. The van der Waals surface area contributed by atoms with Crippen molar-refractivity contribution >= 4 is 5.95 Å². The van der Waals surface area contributed by atoms with Crippen molar-refractivity contribution in [2.24, 2.45) is 0 Å². The second kappa shape index (κ2) is 8.97. The van der Waals surface area contributed by atoms with Gasteiger partial charge >= 0.3 is 0 Å². The molecule has 18 heavy (non-hydrogen) atoms. The molecule has 1 aromatic rings. The Labute approximate surface area is 111 Å². The molecule has 0 bridgehead atoms. The van der Waals surface area contributed by atoms with Gasteiger partial charge in [0.15, 0.2) is 0 Å². The molecule has 0 saturated carbocycles. The summed E-state index contributed by atoms with van der Waals surface area (Å²) in [4.78, 5) is 4.35. The van der Waals surface area contributed by atoms with Crippen LogP contribution in [0.5, 0.6) is 0 Å². The minimum absolute atomic E-state index is 0.477. The van der Waals surface area contributed by atoms with E-state index < -0.39 is 0 Å². The van der Waals surface area contributed by atoms with Crippen LogP contribution in [0.1, 0.15) is 46.0 Å². The molecule has 4 nitrogen and oxygen atoms in total. The van der Waals surface area contributed by atoms with Crippen LogP contribution < -0.4 is 5.32 Å². The number of aromatic nitrogens is 2. The molecule has 0 spiro atoms. The number of anilines is 1. The van der Waals surface area contributed by atoms with Crippen molar-refractivity contribution in [2.45, 2.75) is 58.5 Å². The van der Waals surface area contributed by atoms with Crippen molar-refractivity contribution in [1.29, 1.82) is 0 Å². The zero-order chi connectivity index (χ0) is 13.2. The minimum Gasteiger partial charge on any atom is -0.383 e. The van der Waals surface area contributed by atoms with Crippen LogP contribution in [0.3, 0.4) is 0 Å². The number of rotatable bonds is 10. The average Bonchev–Trinajstić information content (AvgIpc) is 2.79. The van der Waals surface area contributed by atoms with Gasteiger partial charge in [0.25, 0.3) is 0 Å². The molecular formula is C14H27N3O. The second-order valence-corrected chi connectivity index (χ2v) is 4.83. The Morgan fingerprint density at radius 2 is 2.22 bits per heavy atom. The molecule has 0 aliphatic carbocycles. The van der Waals surface area contributed by atoms with E-state index in [4.69, 9.17) is 4.74 Å². The summed E-state index contributed by atoms with van der Waals surface area (Å²) in [6.07, 6.45) is 10.3. The SMILES string of the molecule is CCCCCCC(C)Nc1nccn1CCOC. The van der Waals surface area contributed by atoms with Crippen LogP contribution in [0.25, 0.3) is 0 Å². The Kier molecular flexibility index (Phi) is 7.49. The van der Waals surface area contributed by atoms with Gasteiger partial charge in [-0.05, 0) is 13.3 Å².